The summed E-state index contributed by atoms with van der Waals surface area (Å²) in [5.74, 6) is 1.38. The van der Waals surface area contributed by atoms with Crippen molar-refractivity contribution >= 4 is 11.3 Å². The maximum Gasteiger partial charge on any atom is 0.228 e. The van der Waals surface area contributed by atoms with E-state index < -0.39 is 0 Å². The molecule has 0 amide bonds. The predicted octanol–water partition coefficient (Wildman–Crippen LogP) is 2.34. The van der Waals surface area contributed by atoms with Crippen LogP contribution in [0.5, 0.6) is 0 Å². The van der Waals surface area contributed by atoms with E-state index in [1.54, 1.807) is 11.3 Å². The van der Waals surface area contributed by atoms with E-state index in [9.17, 15) is 0 Å². The highest BCUT2D eigenvalue weighted by molar-refractivity contribution is 7.13. The Kier molecular flexibility index (Phi) is 3.69. The van der Waals surface area contributed by atoms with Crippen LogP contribution in [-0.4, -0.2) is 22.7 Å². The van der Waals surface area contributed by atoms with Crippen molar-refractivity contribution < 1.29 is 4.52 Å². The zero-order valence-electron chi connectivity index (χ0n) is 9.43. The molecule has 2 rings (SSSR count). The van der Waals surface area contributed by atoms with Gasteiger partial charge in [0.15, 0.2) is 0 Å². The van der Waals surface area contributed by atoms with Crippen LogP contribution in [0.1, 0.15) is 19.7 Å². The van der Waals surface area contributed by atoms with Gasteiger partial charge in [0, 0.05) is 12.5 Å². The minimum Gasteiger partial charge on any atom is -0.339 e. The highest BCUT2D eigenvalue weighted by Gasteiger charge is 2.11. The molecule has 0 fully saturated rings. The lowest BCUT2D eigenvalue weighted by molar-refractivity contribution is 0.363. The minimum atomic E-state index is 0.363. The van der Waals surface area contributed by atoms with E-state index in [0.29, 0.717) is 17.8 Å². The SMILES string of the molecule is CCNC(C)Cc1nc(-c2cccs2)no1. The van der Waals surface area contributed by atoms with E-state index in [0.717, 1.165) is 17.8 Å². The van der Waals surface area contributed by atoms with E-state index in [1.165, 1.54) is 0 Å². The molecule has 2 aromatic heterocycles. The number of aromatic nitrogens is 2. The number of hydrogen-bond acceptors (Lipinski definition) is 5. The summed E-state index contributed by atoms with van der Waals surface area (Å²) in [5.41, 5.74) is 0. The Bertz CT molecular complexity index is 424. The van der Waals surface area contributed by atoms with Crippen molar-refractivity contribution in [1.29, 1.82) is 0 Å². The Hall–Kier alpha value is -1.20. The summed E-state index contributed by atoms with van der Waals surface area (Å²) >= 11 is 1.62. The van der Waals surface area contributed by atoms with Gasteiger partial charge in [0.1, 0.15) is 0 Å². The predicted molar refractivity (Wildman–Crippen MR) is 64.5 cm³/mol. The maximum atomic E-state index is 5.21. The van der Waals surface area contributed by atoms with Crippen LogP contribution >= 0.6 is 11.3 Å². The lowest BCUT2D eigenvalue weighted by Crippen LogP contribution is -2.27. The first kappa shape index (κ1) is 11.3. The summed E-state index contributed by atoms with van der Waals surface area (Å²) in [4.78, 5) is 5.41. The highest BCUT2D eigenvalue weighted by Crippen LogP contribution is 2.21. The van der Waals surface area contributed by atoms with E-state index in [2.05, 4.69) is 29.3 Å². The molecule has 0 aliphatic rings. The molecule has 0 spiro atoms. The van der Waals surface area contributed by atoms with Crippen molar-refractivity contribution in [3.05, 3.63) is 23.4 Å². The largest absolute Gasteiger partial charge is 0.339 e. The first-order valence-corrected chi connectivity index (χ1v) is 6.27. The van der Waals surface area contributed by atoms with Crippen molar-refractivity contribution in [2.75, 3.05) is 6.54 Å². The molecule has 2 heterocycles. The van der Waals surface area contributed by atoms with Crippen LogP contribution < -0.4 is 5.32 Å². The van der Waals surface area contributed by atoms with E-state index >= 15 is 0 Å². The van der Waals surface area contributed by atoms with Gasteiger partial charge >= 0.3 is 0 Å². The molecule has 0 radical (unpaired) electrons. The molecule has 2 aromatic rings. The molecule has 1 N–H and O–H groups in total. The number of thiophene rings is 1. The molecule has 0 aromatic carbocycles. The quantitative estimate of drug-likeness (QED) is 0.867. The molecule has 1 atom stereocenters. The Morgan fingerprint density at radius 1 is 1.56 bits per heavy atom. The van der Waals surface area contributed by atoms with E-state index in [-0.39, 0.29) is 0 Å². The lowest BCUT2D eigenvalue weighted by Gasteiger charge is -2.07. The summed E-state index contributed by atoms with van der Waals surface area (Å²) in [6.45, 7) is 5.15. The molecule has 4 nitrogen and oxygen atoms in total. The third kappa shape index (κ3) is 2.68. The molecule has 0 aliphatic carbocycles. The monoisotopic (exact) mass is 237 g/mol. The summed E-state index contributed by atoms with van der Waals surface area (Å²) in [6.07, 6.45) is 0.770. The Labute approximate surface area is 98.7 Å². The smallest absolute Gasteiger partial charge is 0.228 e. The molecule has 0 bridgehead atoms. The first-order valence-electron chi connectivity index (χ1n) is 5.39. The van der Waals surface area contributed by atoms with Gasteiger partial charge in [-0.05, 0) is 24.9 Å². The fourth-order valence-corrected chi connectivity index (χ4v) is 2.18. The molecule has 1 unspecified atom stereocenters. The van der Waals surface area contributed by atoms with Crippen molar-refractivity contribution in [2.24, 2.45) is 0 Å². The Balaban J connectivity index is 2.03. The normalized spacial score (nSPS) is 12.9. The molecule has 5 heteroatoms. The summed E-state index contributed by atoms with van der Waals surface area (Å²) in [5, 5.41) is 9.29. The third-order valence-corrected chi connectivity index (χ3v) is 3.11. The van der Waals surface area contributed by atoms with Crippen LogP contribution in [0, 0.1) is 0 Å². The average Bonchev–Trinajstić information content (AvgIpc) is 2.86. The molecule has 16 heavy (non-hydrogen) atoms. The van der Waals surface area contributed by atoms with Crippen molar-refractivity contribution in [2.45, 2.75) is 26.3 Å². The molecular weight excluding hydrogens is 222 g/mol. The van der Waals surface area contributed by atoms with E-state index in [4.69, 9.17) is 4.52 Å². The van der Waals surface area contributed by atoms with Gasteiger partial charge in [0.25, 0.3) is 0 Å². The van der Waals surface area contributed by atoms with Crippen molar-refractivity contribution in [3.8, 4) is 10.7 Å². The number of nitrogens with one attached hydrogen (secondary N) is 1. The van der Waals surface area contributed by atoms with E-state index in [1.807, 2.05) is 17.5 Å². The Morgan fingerprint density at radius 2 is 2.44 bits per heavy atom. The first-order chi connectivity index (χ1) is 7.79. The molecular formula is C11H15N3OS. The van der Waals surface area contributed by atoms with Gasteiger partial charge in [0.05, 0.1) is 4.88 Å². The standard InChI is InChI=1S/C11H15N3OS/c1-3-12-8(2)7-10-13-11(14-15-10)9-5-4-6-16-9/h4-6,8,12H,3,7H2,1-2H3. The number of hydrogen-bond donors (Lipinski definition) is 1. The van der Waals surface area contributed by atoms with Gasteiger partial charge in [-0.3, -0.25) is 0 Å². The number of nitrogens with zero attached hydrogens (tertiary/aromatic N) is 2. The number of likely N-dealkylation sites (N-methyl/N-ethyl adjacent to an activating group) is 1. The molecule has 0 aliphatic heterocycles. The minimum absolute atomic E-state index is 0.363. The molecule has 86 valence electrons. The van der Waals surface area contributed by atoms with Gasteiger partial charge in [-0.2, -0.15) is 4.98 Å². The zero-order valence-corrected chi connectivity index (χ0v) is 10.3. The van der Waals surface area contributed by atoms with Crippen molar-refractivity contribution in [3.63, 3.8) is 0 Å². The fraction of sp³-hybridized carbons (Fsp3) is 0.455. The summed E-state index contributed by atoms with van der Waals surface area (Å²) < 4.78 is 5.21. The maximum absolute atomic E-state index is 5.21. The van der Waals surface area contributed by atoms with Crippen LogP contribution in [0.4, 0.5) is 0 Å². The number of rotatable bonds is 5. The van der Waals surface area contributed by atoms with Crippen LogP contribution in [-0.2, 0) is 6.42 Å². The second kappa shape index (κ2) is 5.23. The summed E-state index contributed by atoms with van der Waals surface area (Å²) in [6, 6.07) is 4.34. The van der Waals surface area contributed by atoms with Gasteiger partial charge in [-0.25, -0.2) is 0 Å². The topological polar surface area (TPSA) is 51.0 Å². The van der Waals surface area contributed by atoms with Gasteiger partial charge in [0.2, 0.25) is 11.7 Å². The van der Waals surface area contributed by atoms with Gasteiger partial charge in [-0.1, -0.05) is 18.1 Å². The molecule has 0 saturated heterocycles. The second-order valence-electron chi connectivity index (χ2n) is 3.65. The summed E-state index contributed by atoms with van der Waals surface area (Å²) in [7, 11) is 0. The van der Waals surface area contributed by atoms with Crippen LogP contribution in [0.15, 0.2) is 22.0 Å². The third-order valence-electron chi connectivity index (χ3n) is 2.24. The lowest BCUT2D eigenvalue weighted by atomic mass is 10.2. The van der Waals surface area contributed by atoms with Crippen LogP contribution in [0.25, 0.3) is 10.7 Å². The highest BCUT2D eigenvalue weighted by atomic mass is 32.1. The molecule has 0 saturated carbocycles. The van der Waals surface area contributed by atoms with Crippen LogP contribution in [0.3, 0.4) is 0 Å². The van der Waals surface area contributed by atoms with Crippen LogP contribution in [0.2, 0.25) is 0 Å². The van der Waals surface area contributed by atoms with Crippen molar-refractivity contribution in [1.82, 2.24) is 15.5 Å². The second-order valence-corrected chi connectivity index (χ2v) is 4.60. The fourth-order valence-electron chi connectivity index (χ4n) is 1.53. The average molecular weight is 237 g/mol. The van der Waals surface area contributed by atoms with Gasteiger partial charge < -0.3 is 9.84 Å². The van der Waals surface area contributed by atoms with Gasteiger partial charge in [-0.15, -0.1) is 11.3 Å². The Morgan fingerprint density at radius 3 is 3.12 bits per heavy atom. The zero-order chi connectivity index (χ0) is 11.4.